The quantitative estimate of drug-likeness (QED) is 0.916. The Balaban J connectivity index is 1.61. The number of anilines is 1. The number of rotatable bonds is 5. The van der Waals surface area contributed by atoms with Crippen LogP contribution in [0.2, 0.25) is 0 Å². The molecule has 1 N–H and O–H groups in total. The minimum absolute atomic E-state index is 0.0619. The molecule has 5 nitrogen and oxygen atoms in total. The van der Waals surface area contributed by atoms with Crippen LogP contribution in [0.4, 0.5) is 5.69 Å². The Labute approximate surface area is 141 Å². The van der Waals surface area contributed by atoms with Crippen LogP contribution >= 0.6 is 0 Å². The number of nitrogens with one attached hydrogen (secondary N) is 1. The smallest absolute Gasteiger partial charge is 0.231 e. The van der Waals surface area contributed by atoms with Gasteiger partial charge >= 0.3 is 0 Å². The Morgan fingerprint density at radius 3 is 2.83 bits per heavy atom. The van der Waals surface area contributed by atoms with Gasteiger partial charge in [0.1, 0.15) is 5.75 Å². The highest BCUT2D eigenvalue weighted by atomic mass is 16.5. The molecule has 0 spiro atoms. The van der Waals surface area contributed by atoms with Crippen molar-refractivity contribution in [2.45, 2.75) is 19.4 Å². The van der Waals surface area contributed by atoms with E-state index < -0.39 is 0 Å². The number of fused-ring (bicyclic) bond motifs is 1. The van der Waals surface area contributed by atoms with Gasteiger partial charge in [0.15, 0.2) is 0 Å². The number of benzene rings is 2. The highest BCUT2D eigenvalue weighted by Crippen LogP contribution is 2.28. The molecule has 0 atom stereocenters. The SMILES string of the molecule is COc1ccccc1CC(=O)NCc1ccc2c(c1)CC(=O)N2C. The minimum atomic E-state index is -0.0619. The van der Waals surface area contributed by atoms with Crippen molar-refractivity contribution in [1.29, 1.82) is 0 Å². The maximum atomic E-state index is 12.2. The summed E-state index contributed by atoms with van der Waals surface area (Å²) in [6.07, 6.45) is 0.699. The van der Waals surface area contributed by atoms with E-state index in [2.05, 4.69) is 5.32 Å². The molecule has 0 saturated heterocycles. The molecule has 124 valence electrons. The second-order valence-electron chi connectivity index (χ2n) is 5.86. The van der Waals surface area contributed by atoms with Gasteiger partial charge in [0.25, 0.3) is 0 Å². The van der Waals surface area contributed by atoms with Gasteiger partial charge in [-0.1, -0.05) is 30.3 Å². The summed E-state index contributed by atoms with van der Waals surface area (Å²) in [5.41, 5.74) is 3.81. The zero-order valence-electron chi connectivity index (χ0n) is 13.8. The number of amides is 2. The average molecular weight is 324 g/mol. The van der Waals surface area contributed by atoms with Gasteiger partial charge in [0, 0.05) is 24.8 Å². The van der Waals surface area contributed by atoms with Gasteiger partial charge in [-0.3, -0.25) is 9.59 Å². The van der Waals surface area contributed by atoms with E-state index in [1.54, 1.807) is 19.1 Å². The molecular weight excluding hydrogens is 304 g/mol. The number of carbonyl (C=O) groups is 2. The van der Waals surface area contributed by atoms with E-state index in [1.807, 2.05) is 42.5 Å². The molecule has 2 aromatic rings. The number of ether oxygens (including phenoxy) is 1. The first-order chi connectivity index (χ1) is 11.6. The largest absolute Gasteiger partial charge is 0.496 e. The molecular formula is C19H20N2O3. The van der Waals surface area contributed by atoms with E-state index >= 15 is 0 Å². The van der Waals surface area contributed by atoms with E-state index in [1.165, 1.54) is 0 Å². The van der Waals surface area contributed by atoms with Crippen molar-refractivity contribution in [2.75, 3.05) is 19.1 Å². The molecule has 0 aliphatic carbocycles. The maximum Gasteiger partial charge on any atom is 0.231 e. The lowest BCUT2D eigenvalue weighted by atomic mass is 10.1. The molecule has 0 unspecified atom stereocenters. The van der Waals surface area contributed by atoms with Crippen LogP contribution in [0.3, 0.4) is 0 Å². The van der Waals surface area contributed by atoms with E-state index in [9.17, 15) is 9.59 Å². The number of para-hydroxylation sites is 1. The van der Waals surface area contributed by atoms with Crippen LogP contribution < -0.4 is 15.0 Å². The molecule has 0 saturated carbocycles. The second kappa shape index (κ2) is 6.74. The minimum Gasteiger partial charge on any atom is -0.496 e. The highest BCUT2D eigenvalue weighted by Gasteiger charge is 2.23. The number of carbonyl (C=O) groups excluding carboxylic acids is 2. The Bertz CT molecular complexity index is 786. The van der Waals surface area contributed by atoms with Crippen LogP contribution in [0.1, 0.15) is 16.7 Å². The van der Waals surface area contributed by atoms with Crippen molar-refractivity contribution in [2.24, 2.45) is 0 Å². The first kappa shape index (κ1) is 16.1. The lowest BCUT2D eigenvalue weighted by Gasteiger charge is -2.11. The fourth-order valence-electron chi connectivity index (χ4n) is 2.92. The fraction of sp³-hybridized carbons (Fsp3) is 0.263. The van der Waals surface area contributed by atoms with Gasteiger partial charge in [0.05, 0.1) is 20.0 Å². The van der Waals surface area contributed by atoms with Gasteiger partial charge < -0.3 is 15.0 Å². The molecule has 0 aromatic heterocycles. The molecule has 2 aromatic carbocycles. The Morgan fingerprint density at radius 1 is 1.25 bits per heavy atom. The van der Waals surface area contributed by atoms with Crippen molar-refractivity contribution >= 4 is 17.5 Å². The standard InChI is InChI=1S/C19H20N2O3/c1-21-16-8-7-13(9-15(16)11-19(21)23)12-20-18(22)10-14-5-3-4-6-17(14)24-2/h3-9H,10-12H2,1-2H3,(H,20,22). The number of likely N-dealkylation sites (N-methyl/N-ethyl adjacent to an activating group) is 1. The van der Waals surface area contributed by atoms with Crippen LogP contribution in [0.25, 0.3) is 0 Å². The number of nitrogens with zero attached hydrogens (tertiary/aromatic N) is 1. The van der Waals surface area contributed by atoms with Crippen molar-refractivity contribution in [3.8, 4) is 5.75 Å². The van der Waals surface area contributed by atoms with Gasteiger partial charge in [-0.25, -0.2) is 0 Å². The summed E-state index contributed by atoms with van der Waals surface area (Å²) in [6, 6.07) is 13.4. The average Bonchev–Trinajstić information content (AvgIpc) is 2.87. The van der Waals surface area contributed by atoms with Crippen LogP contribution in [-0.2, 0) is 29.0 Å². The van der Waals surface area contributed by atoms with Crippen LogP contribution in [0, 0.1) is 0 Å². The third-order valence-electron chi connectivity index (χ3n) is 4.25. The summed E-state index contributed by atoms with van der Waals surface area (Å²) in [5, 5.41) is 2.92. The summed E-state index contributed by atoms with van der Waals surface area (Å²) in [4.78, 5) is 25.5. The van der Waals surface area contributed by atoms with E-state index in [4.69, 9.17) is 4.74 Å². The predicted octanol–water partition coefficient (Wildman–Crippen LogP) is 2.07. The molecule has 0 radical (unpaired) electrons. The van der Waals surface area contributed by atoms with Gasteiger partial charge in [-0.2, -0.15) is 0 Å². The van der Waals surface area contributed by atoms with Crippen LogP contribution in [0.5, 0.6) is 5.75 Å². The van der Waals surface area contributed by atoms with Crippen molar-refractivity contribution in [3.63, 3.8) is 0 Å². The van der Waals surface area contributed by atoms with Crippen molar-refractivity contribution in [1.82, 2.24) is 5.32 Å². The lowest BCUT2D eigenvalue weighted by Crippen LogP contribution is -2.24. The molecule has 0 bridgehead atoms. The first-order valence-corrected chi connectivity index (χ1v) is 7.85. The third-order valence-corrected chi connectivity index (χ3v) is 4.25. The molecule has 24 heavy (non-hydrogen) atoms. The highest BCUT2D eigenvalue weighted by molar-refractivity contribution is 6.00. The predicted molar refractivity (Wildman–Crippen MR) is 92.1 cm³/mol. The second-order valence-corrected chi connectivity index (χ2v) is 5.86. The summed E-state index contributed by atoms with van der Waals surface area (Å²) < 4.78 is 5.26. The monoisotopic (exact) mass is 324 g/mol. The topological polar surface area (TPSA) is 58.6 Å². The van der Waals surface area contributed by atoms with Gasteiger partial charge in [-0.05, 0) is 23.3 Å². The summed E-state index contributed by atoms with van der Waals surface area (Å²) in [5.74, 6) is 0.752. The molecule has 5 heteroatoms. The lowest BCUT2D eigenvalue weighted by molar-refractivity contribution is -0.120. The summed E-state index contributed by atoms with van der Waals surface area (Å²) in [7, 11) is 3.38. The zero-order valence-corrected chi connectivity index (χ0v) is 13.8. The Kier molecular flexibility index (Phi) is 4.51. The molecule has 1 aliphatic rings. The van der Waals surface area contributed by atoms with Crippen molar-refractivity contribution in [3.05, 3.63) is 59.2 Å². The Morgan fingerprint density at radius 2 is 2.04 bits per heavy atom. The summed E-state index contributed by atoms with van der Waals surface area (Å²) >= 11 is 0. The van der Waals surface area contributed by atoms with Crippen molar-refractivity contribution < 1.29 is 14.3 Å². The van der Waals surface area contributed by atoms with E-state index in [-0.39, 0.29) is 18.2 Å². The zero-order chi connectivity index (χ0) is 17.1. The number of hydrogen-bond donors (Lipinski definition) is 1. The maximum absolute atomic E-state index is 12.2. The Hall–Kier alpha value is -2.82. The molecule has 1 heterocycles. The van der Waals surface area contributed by atoms with E-state index in [0.717, 1.165) is 22.4 Å². The normalized spacial score (nSPS) is 12.9. The van der Waals surface area contributed by atoms with Gasteiger partial charge in [0.2, 0.25) is 11.8 Å². The molecule has 2 amide bonds. The molecule has 3 rings (SSSR count). The molecule has 1 aliphatic heterocycles. The van der Waals surface area contributed by atoms with E-state index in [0.29, 0.717) is 18.7 Å². The number of hydrogen-bond acceptors (Lipinski definition) is 3. The fourth-order valence-corrected chi connectivity index (χ4v) is 2.92. The third kappa shape index (κ3) is 3.25. The van der Waals surface area contributed by atoms with Crippen LogP contribution in [-0.4, -0.2) is 26.0 Å². The number of methoxy groups -OCH3 is 1. The first-order valence-electron chi connectivity index (χ1n) is 7.85. The van der Waals surface area contributed by atoms with Gasteiger partial charge in [-0.15, -0.1) is 0 Å². The molecule has 0 fully saturated rings. The van der Waals surface area contributed by atoms with Crippen LogP contribution in [0.15, 0.2) is 42.5 Å². The summed E-state index contributed by atoms with van der Waals surface area (Å²) in [6.45, 7) is 0.444.